The van der Waals surface area contributed by atoms with Gasteiger partial charge in [0.05, 0.1) is 0 Å². The van der Waals surface area contributed by atoms with Crippen LogP contribution >= 0.6 is 23.4 Å². The molecule has 0 aromatic heterocycles. The Balaban J connectivity index is 2.45. The predicted molar refractivity (Wildman–Crippen MR) is 58.4 cm³/mol. The molecule has 1 heterocycles. The van der Waals surface area contributed by atoms with Crippen molar-refractivity contribution in [1.82, 2.24) is 4.90 Å². The number of carbonyl (C=O) groups excluding carboxylic acids is 1. The smallest absolute Gasteiger partial charge is 0.223 e. The van der Waals surface area contributed by atoms with E-state index in [4.69, 9.17) is 11.6 Å². The molecule has 2 atom stereocenters. The van der Waals surface area contributed by atoms with Gasteiger partial charge in [-0.3, -0.25) is 4.79 Å². The molecule has 1 fully saturated rings. The van der Waals surface area contributed by atoms with Gasteiger partial charge in [-0.05, 0) is 0 Å². The zero-order chi connectivity index (χ0) is 9.84. The van der Waals surface area contributed by atoms with Crippen LogP contribution < -0.4 is 0 Å². The Kier molecular flexibility index (Phi) is 4.39. The highest BCUT2D eigenvalue weighted by Crippen LogP contribution is 2.24. The normalized spacial score (nSPS) is 29.0. The summed E-state index contributed by atoms with van der Waals surface area (Å²) in [4.78, 5) is 13.5. The van der Waals surface area contributed by atoms with E-state index in [2.05, 4.69) is 13.8 Å². The van der Waals surface area contributed by atoms with Gasteiger partial charge in [0.1, 0.15) is 0 Å². The van der Waals surface area contributed by atoms with E-state index in [-0.39, 0.29) is 5.91 Å². The van der Waals surface area contributed by atoms with Crippen LogP contribution in [0.5, 0.6) is 0 Å². The topological polar surface area (TPSA) is 20.3 Å². The van der Waals surface area contributed by atoms with Crippen molar-refractivity contribution in [2.24, 2.45) is 0 Å². The second-order valence-electron chi connectivity index (χ2n) is 3.50. The summed E-state index contributed by atoms with van der Waals surface area (Å²) in [6, 6.07) is 0. The van der Waals surface area contributed by atoms with Crippen molar-refractivity contribution >= 4 is 29.3 Å². The summed E-state index contributed by atoms with van der Waals surface area (Å²) in [5, 5.41) is 1.12. The molecule has 2 nitrogen and oxygen atoms in total. The second kappa shape index (κ2) is 5.11. The Bertz CT molecular complexity index is 178. The molecule has 0 spiro atoms. The van der Waals surface area contributed by atoms with Crippen LogP contribution in [0.4, 0.5) is 0 Å². The molecule has 0 radical (unpaired) electrons. The SMILES string of the molecule is CC1CN(C(=O)CCCl)CC(C)S1. The zero-order valence-corrected chi connectivity index (χ0v) is 9.70. The minimum atomic E-state index is 0.203. The van der Waals surface area contributed by atoms with Crippen LogP contribution in [0.3, 0.4) is 0 Å². The summed E-state index contributed by atoms with van der Waals surface area (Å²) < 4.78 is 0. The van der Waals surface area contributed by atoms with Gasteiger partial charge in [-0.2, -0.15) is 11.8 Å². The minimum absolute atomic E-state index is 0.203. The van der Waals surface area contributed by atoms with Crippen LogP contribution in [-0.2, 0) is 4.79 Å². The molecule has 0 saturated carbocycles. The molecule has 1 saturated heterocycles. The number of hydrogen-bond acceptors (Lipinski definition) is 2. The van der Waals surface area contributed by atoms with Crippen molar-refractivity contribution in [1.29, 1.82) is 0 Å². The number of nitrogens with zero attached hydrogens (tertiary/aromatic N) is 1. The Morgan fingerprint density at radius 3 is 2.46 bits per heavy atom. The average molecular weight is 222 g/mol. The highest BCUT2D eigenvalue weighted by molar-refractivity contribution is 8.00. The van der Waals surface area contributed by atoms with Crippen LogP contribution in [0.15, 0.2) is 0 Å². The lowest BCUT2D eigenvalue weighted by Gasteiger charge is -2.34. The molecule has 76 valence electrons. The predicted octanol–water partition coefficient (Wildman–Crippen LogP) is 1.97. The van der Waals surface area contributed by atoms with E-state index in [1.54, 1.807) is 0 Å². The molecular formula is C9H16ClNOS. The molecule has 1 aliphatic rings. The summed E-state index contributed by atoms with van der Waals surface area (Å²) in [5.74, 6) is 0.639. The molecule has 0 aliphatic carbocycles. The van der Waals surface area contributed by atoms with Crippen LogP contribution in [-0.4, -0.2) is 40.3 Å². The van der Waals surface area contributed by atoms with E-state index in [0.29, 0.717) is 22.8 Å². The first kappa shape index (κ1) is 11.2. The third kappa shape index (κ3) is 3.39. The second-order valence-corrected chi connectivity index (χ2v) is 5.75. The molecule has 0 bridgehead atoms. The first-order valence-electron chi connectivity index (χ1n) is 4.62. The molecular weight excluding hydrogens is 206 g/mol. The van der Waals surface area contributed by atoms with Gasteiger partial charge in [0.25, 0.3) is 0 Å². The molecule has 1 aliphatic heterocycles. The Morgan fingerprint density at radius 2 is 2.00 bits per heavy atom. The lowest BCUT2D eigenvalue weighted by molar-refractivity contribution is -0.130. The Hall–Kier alpha value is 0.110. The number of thioether (sulfide) groups is 1. The van der Waals surface area contributed by atoms with E-state index in [1.807, 2.05) is 16.7 Å². The summed E-state index contributed by atoms with van der Waals surface area (Å²) >= 11 is 7.49. The Morgan fingerprint density at radius 1 is 1.46 bits per heavy atom. The Labute approximate surface area is 89.0 Å². The molecule has 1 rings (SSSR count). The maximum absolute atomic E-state index is 11.5. The number of hydrogen-bond donors (Lipinski definition) is 0. The van der Waals surface area contributed by atoms with Gasteiger partial charge in [0, 0.05) is 35.9 Å². The van der Waals surface area contributed by atoms with E-state index in [9.17, 15) is 4.79 Å². The van der Waals surface area contributed by atoms with Crippen molar-refractivity contribution in [2.75, 3.05) is 19.0 Å². The third-order valence-corrected chi connectivity index (χ3v) is 3.50. The highest BCUT2D eigenvalue weighted by Gasteiger charge is 2.24. The lowest BCUT2D eigenvalue weighted by Crippen LogP contribution is -2.44. The summed E-state index contributed by atoms with van der Waals surface area (Å²) in [6.07, 6.45) is 0.478. The van der Waals surface area contributed by atoms with Crippen LogP contribution in [0.25, 0.3) is 0 Å². The first-order valence-corrected chi connectivity index (χ1v) is 6.10. The number of rotatable bonds is 2. The molecule has 0 N–H and O–H groups in total. The fourth-order valence-electron chi connectivity index (χ4n) is 1.62. The van der Waals surface area contributed by atoms with Gasteiger partial charge in [-0.1, -0.05) is 13.8 Å². The van der Waals surface area contributed by atoms with E-state index in [1.165, 1.54) is 0 Å². The highest BCUT2D eigenvalue weighted by atomic mass is 35.5. The monoisotopic (exact) mass is 221 g/mol. The maximum Gasteiger partial charge on any atom is 0.223 e. The fraction of sp³-hybridized carbons (Fsp3) is 0.889. The van der Waals surface area contributed by atoms with Gasteiger partial charge in [-0.25, -0.2) is 0 Å². The quantitative estimate of drug-likeness (QED) is 0.665. The van der Waals surface area contributed by atoms with Crippen LogP contribution in [0.1, 0.15) is 20.3 Å². The van der Waals surface area contributed by atoms with E-state index < -0.39 is 0 Å². The van der Waals surface area contributed by atoms with Crippen molar-refractivity contribution < 1.29 is 4.79 Å². The van der Waals surface area contributed by atoms with Crippen molar-refractivity contribution in [3.05, 3.63) is 0 Å². The summed E-state index contributed by atoms with van der Waals surface area (Å²) in [5.41, 5.74) is 0. The number of amides is 1. The van der Waals surface area contributed by atoms with Crippen molar-refractivity contribution in [3.8, 4) is 0 Å². The van der Waals surface area contributed by atoms with Gasteiger partial charge >= 0.3 is 0 Å². The summed E-state index contributed by atoms with van der Waals surface area (Å²) in [6.45, 7) is 6.10. The first-order chi connectivity index (χ1) is 6.13. The van der Waals surface area contributed by atoms with Crippen molar-refractivity contribution in [3.63, 3.8) is 0 Å². The van der Waals surface area contributed by atoms with E-state index >= 15 is 0 Å². The van der Waals surface area contributed by atoms with E-state index in [0.717, 1.165) is 13.1 Å². The zero-order valence-electron chi connectivity index (χ0n) is 8.12. The largest absolute Gasteiger partial charge is 0.340 e. The summed E-state index contributed by atoms with van der Waals surface area (Å²) in [7, 11) is 0. The molecule has 4 heteroatoms. The molecule has 1 amide bonds. The van der Waals surface area contributed by atoms with Gasteiger partial charge in [0.2, 0.25) is 5.91 Å². The lowest BCUT2D eigenvalue weighted by atomic mass is 10.3. The average Bonchev–Trinajstić information content (AvgIpc) is 2.03. The van der Waals surface area contributed by atoms with Gasteiger partial charge in [0.15, 0.2) is 0 Å². The maximum atomic E-state index is 11.5. The van der Waals surface area contributed by atoms with Crippen LogP contribution in [0, 0.1) is 0 Å². The third-order valence-electron chi connectivity index (χ3n) is 2.08. The molecule has 2 unspecified atom stereocenters. The number of alkyl halides is 1. The molecule has 0 aromatic rings. The standard InChI is InChI=1S/C9H16ClNOS/c1-7-5-11(6-8(2)13-7)9(12)3-4-10/h7-8H,3-6H2,1-2H3. The van der Waals surface area contributed by atoms with Crippen LogP contribution in [0.2, 0.25) is 0 Å². The fourth-order valence-corrected chi connectivity index (χ4v) is 3.11. The van der Waals surface area contributed by atoms with Gasteiger partial charge in [-0.15, -0.1) is 11.6 Å². The minimum Gasteiger partial charge on any atom is -0.340 e. The van der Waals surface area contributed by atoms with Gasteiger partial charge < -0.3 is 4.90 Å². The number of halogens is 1. The van der Waals surface area contributed by atoms with Crippen molar-refractivity contribution in [2.45, 2.75) is 30.8 Å². The molecule has 0 aromatic carbocycles. The molecule has 13 heavy (non-hydrogen) atoms. The number of carbonyl (C=O) groups is 1.